The van der Waals surface area contributed by atoms with Gasteiger partial charge in [0.1, 0.15) is 6.04 Å². The first-order valence-electron chi connectivity index (χ1n) is 6.62. The van der Waals surface area contributed by atoms with Gasteiger partial charge in [-0.25, -0.2) is 0 Å². The van der Waals surface area contributed by atoms with E-state index in [1.165, 1.54) is 4.90 Å². The molecule has 0 saturated carbocycles. The monoisotopic (exact) mass is 344 g/mol. The van der Waals surface area contributed by atoms with Crippen molar-refractivity contribution in [3.63, 3.8) is 0 Å². The third-order valence-electron chi connectivity index (χ3n) is 3.88. The van der Waals surface area contributed by atoms with Crippen molar-refractivity contribution in [3.05, 3.63) is 28.8 Å². The fourth-order valence-corrected chi connectivity index (χ4v) is 4.11. The second kappa shape index (κ2) is 5.22. The highest BCUT2D eigenvalue weighted by Crippen LogP contribution is 2.34. The Bertz CT molecular complexity index is 764. The van der Waals surface area contributed by atoms with Gasteiger partial charge in [-0.05, 0) is 24.5 Å². The number of nitrogens with one attached hydrogen (secondary N) is 1. The van der Waals surface area contributed by atoms with Gasteiger partial charge in [0.2, 0.25) is 5.91 Å². The minimum absolute atomic E-state index is 0.0847. The molecule has 0 spiro atoms. The smallest absolute Gasteiger partial charge is 0.265 e. The summed E-state index contributed by atoms with van der Waals surface area (Å²) >= 11 is 6.06. The van der Waals surface area contributed by atoms with E-state index >= 15 is 0 Å². The number of amides is 2. The maximum absolute atomic E-state index is 12.6. The molecular weight excluding hydrogens is 332 g/mol. The third kappa shape index (κ3) is 2.69. The van der Waals surface area contributed by atoms with Crippen LogP contribution in [0.3, 0.4) is 0 Å². The Morgan fingerprint density at radius 1 is 1.36 bits per heavy atom. The van der Waals surface area contributed by atoms with Gasteiger partial charge in [-0.2, -0.15) is 8.42 Å². The number of hydrogen-bond acceptors (Lipinski definition) is 4. The van der Waals surface area contributed by atoms with Crippen molar-refractivity contribution in [2.24, 2.45) is 5.92 Å². The Labute approximate surface area is 132 Å². The predicted octanol–water partition coefficient (Wildman–Crippen LogP) is 1.01. The largest absolute Gasteiger partial charge is 0.326 e. The molecule has 3 rings (SSSR count). The van der Waals surface area contributed by atoms with E-state index in [-0.39, 0.29) is 29.5 Å². The molecule has 118 valence electrons. The number of benzene rings is 1. The lowest BCUT2D eigenvalue weighted by molar-refractivity contribution is -0.119. The highest BCUT2D eigenvalue weighted by atomic mass is 35.5. The topological polar surface area (TPSA) is 104 Å². The van der Waals surface area contributed by atoms with Gasteiger partial charge in [0, 0.05) is 6.54 Å². The van der Waals surface area contributed by atoms with Crippen LogP contribution < -0.4 is 5.32 Å². The lowest BCUT2D eigenvalue weighted by atomic mass is 10.1. The maximum Gasteiger partial charge on any atom is 0.265 e. The molecule has 2 aliphatic rings. The molecule has 0 bridgehead atoms. The average Bonchev–Trinajstić information content (AvgIpc) is 2.76. The van der Waals surface area contributed by atoms with E-state index in [1.807, 2.05) is 0 Å². The van der Waals surface area contributed by atoms with Crippen LogP contribution in [0.4, 0.5) is 5.69 Å². The molecule has 0 aliphatic carbocycles. The fourth-order valence-electron chi connectivity index (χ4n) is 3.02. The summed E-state index contributed by atoms with van der Waals surface area (Å²) in [6, 6.07) is 4.01. The van der Waals surface area contributed by atoms with Crippen molar-refractivity contribution in [3.8, 4) is 0 Å². The first kappa shape index (κ1) is 15.3. The molecule has 0 radical (unpaired) electrons. The van der Waals surface area contributed by atoms with E-state index < -0.39 is 33.7 Å². The standard InChI is InChI=1S/C13H13ClN2O5S/c14-8-2-1-3-9-11(8)13(18)16-5-7(6-22(19,20)21)4-10(16)12(17)15-9/h1-3,7,10H,4-6H2,(H,15,17)(H,19,20,21)/t7-,10+/m1/s1. The zero-order valence-electron chi connectivity index (χ0n) is 11.3. The van der Waals surface area contributed by atoms with Crippen LogP contribution in [0.1, 0.15) is 16.8 Å². The number of nitrogens with zero attached hydrogens (tertiary/aromatic N) is 1. The molecule has 0 unspecified atom stereocenters. The van der Waals surface area contributed by atoms with E-state index in [0.29, 0.717) is 5.69 Å². The molecular formula is C13H13ClN2O5S. The van der Waals surface area contributed by atoms with Crippen molar-refractivity contribution in [1.82, 2.24) is 4.90 Å². The molecule has 7 nitrogen and oxygen atoms in total. The molecule has 2 heterocycles. The van der Waals surface area contributed by atoms with Crippen LogP contribution in [0.2, 0.25) is 5.02 Å². The number of rotatable bonds is 2. The molecule has 1 fully saturated rings. The molecule has 2 amide bonds. The van der Waals surface area contributed by atoms with E-state index in [2.05, 4.69) is 5.32 Å². The van der Waals surface area contributed by atoms with Crippen molar-refractivity contribution in [1.29, 1.82) is 0 Å². The van der Waals surface area contributed by atoms with Crippen molar-refractivity contribution in [2.75, 3.05) is 17.6 Å². The highest BCUT2D eigenvalue weighted by molar-refractivity contribution is 7.85. The second-order valence-electron chi connectivity index (χ2n) is 5.48. The van der Waals surface area contributed by atoms with Crippen LogP contribution in [0.25, 0.3) is 0 Å². The van der Waals surface area contributed by atoms with E-state index in [0.717, 1.165) is 0 Å². The summed E-state index contributed by atoms with van der Waals surface area (Å²) in [5, 5.41) is 2.87. The number of carbonyl (C=O) groups excluding carboxylic acids is 2. The number of halogens is 1. The molecule has 1 saturated heterocycles. The summed E-state index contributed by atoms with van der Waals surface area (Å²) in [6.45, 7) is 0.0847. The fraction of sp³-hybridized carbons (Fsp3) is 0.385. The zero-order valence-corrected chi connectivity index (χ0v) is 12.9. The van der Waals surface area contributed by atoms with E-state index in [1.54, 1.807) is 18.2 Å². The van der Waals surface area contributed by atoms with Crippen LogP contribution in [-0.4, -0.2) is 48.0 Å². The highest BCUT2D eigenvalue weighted by Gasteiger charge is 2.44. The minimum atomic E-state index is -4.16. The summed E-state index contributed by atoms with van der Waals surface area (Å²) in [6.07, 6.45) is 0.184. The summed E-state index contributed by atoms with van der Waals surface area (Å²) in [5.41, 5.74) is 0.552. The second-order valence-corrected chi connectivity index (χ2v) is 7.38. The summed E-state index contributed by atoms with van der Waals surface area (Å²) in [5.74, 6) is -1.76. The number of hydrogen-bond donors (Lipinski definition) is 2. The van der Waals surface area contributed by atoms with Gasteiger partial charge in [-0.15, -0.1) is 0 Å². The Kier molecular flexibility index (Phi) is 3.62. The first-order chi connectivity index (χ1) is 10.3. The summed E-state index contributed by atoms with van der Waals surface area (Å²) in [4.78, 5) is 26.2. The molecule has 22 heavy (non-hydrogen) atoms. The number of carbonyl (C=O) groups is 2. The molecule has 0 aromatic heterocycles. The number of fused-ring (bicyclic) bond motifs is 2. The molecule has 1 aromatic carbocycles. The van der Waals surface area contributed by atoms with Gasteiger partial charge >= 0.3 is 0 Å². The Morgan fingerprint density at radius 3 is 2.77 bits per heavy atom. The number of anilines is 1. The van der Waals surface area contributed by atoms with Crippen molar-refractivity contribution >= 4 is 39.2 Å². The van der Waals surface area contributed by atoms with E-state index in [4.69, 9.17) is 16.2 Å². The SMILES string of the molecule is O=C1Nc2cccc(Cl)c2C(=O)N2C[C@H](CS(=O)(=O)O)C[C@@H]12. The van der Waals surface area contributed by atoms with Crippen LogP contribution in [0.5, 0.6) is 0 Å². The molecule has 2 aliphatic heterocycles. The van der Waals surface area contributed by atoms with Gasteiger partial charge in [0.05, 0.1) is 22.0 Å². The zero-order chi connectivity index (χ0) is 16.1. The van der Waals surface area contributed by atoms with E-state index in [9.17, 15) is 18.0 Å². The normalized spacial score (nSPS) is 24.5. The first-order valence-corrected chi connectivity index (χ1v) is 8.60. The lowest BCUT2D eigenvalue weighted by Crippen LogP contribution is -2.40. The molecule has 9 heteroatoms. The Hall–Kier alpha value is -1.64. The van der Waals surface area contributed by atoms with Gasteiger partial charge < -0.3 is 10.2 Å². The third-order valence-corrected chi connectivity index (χ3v) is 5.09. The molecule has 1 aromatic rings. The van der Waals surface area contributed by atoms with Crippen LogP contribution >= 0.6 is 11.6 Å². The van der Waals surface area contributed by atoms with Crippen LogP contribution in [-0.2, 0) is 14.9 Å². The van der Waals surface area contributed by atoms with Crippen LogP contribution in [0, 0.1) is 5.92 Å². The summed E-state index contributed by atoms with van der Waals surface area (Å²) in [7, 11) is -4.16. The Balaban J connectivity index is 1.96. The van der Waals surface area contributed by atoms with Gasteiger partial charge in [-0.3, -0.25) is 14.1 Å². The maximum atomic E-state index is 12.6. The van der Waals surface area contributed by atoms with Gasteiger partial charge in [0.25, 0.3) is 16.0 Å². The quantitative estimate of drug-likeness (QED) is 0.779. The molecule has 2 N–H and O–H groups in total. The minimum Gasteiger partial charge on any atom is -0.326 e. The lowest BCUT2D eigenvalue weighted by Gasteiger charge is -2.20. The average molecular weight is 345 g/mol. The van der Waals surface area contributed by atoms with Crippen molar-refractivity contribution in [2.45, 2.75) is 12.5 Å². The Morgan fingerprint density at radius 2 is 2.09 bits per heavy atom. The summed E-state index contributed by atoms with van der Waals surface area (Å²) < 4.78 is 31.0. The molecule has 2 atom stereocenters. The van der Waals surface area contributed by atoms with Crippen LogP contribution in [0.15, 0.2) is 18.2 Å². The van der Waals surface area contributed by atoms with Crippen molar-refractivity contribution < 1.29 is 22.6 Å². The predicted molar refractivity (Wildman–Crippen MR) is 79.4 cm³/mol. The van der Waals surface area contributed by atoms with Gasteiger partial charge in [-0.1, -0.05) is 17.7 Å². The van der Waals surface area contributed by atoms with Gasteiger partial charge in [0.15, 0.2) is 0 Å².